The number of aliphatic hydroxyl groups excluding tert-OH is 2. The molecule has 4 aliphatic rings. The van der Waals surface area contributed by atoms with E-state index in [0.29, 0.717) is 0 Å². The van der Waals surface area contributed by atoms with Crippen LogP contribution in [0, 0.1) is 30.6 Å². The fraction of sp³-hybridized carbons (Fsp3) is 0.525. The Hall–Kier alpha value is -3.89. The van der Waals surface area contributed by atoms with Crippen molar-refractivity contribution in [3.8, 4) is 23.0 Å². The number of nitrogens with one attached hydrogen (secondary N) is 1. The number of esters is 1. The first kappa shape index (κ1) is 42.3. The number of ketones is 1. The van der Waals surface area contributed by atoms with E-state index in [-0.39, 0.29) is 44.5 Å². The van der Waals surface area contributed by atoms with Crippen LogP contribution in [0.15, 0.2) is 36.1 Å². The van der Waals surface area contributed by atoms with E-state index in [1.165, 1.54) is 69.8 Å². The number of carbonyl (C=O) groups is 3. The van der Waals surface area contributed by atoms with Crippen LogP contribution in [-0.4, -0.2) is 92.0 Å². The Kier molecular flexibility index (Phi) is 12.8. The number of Topliss-reactive ketones (excluding diaryl/α,β-unsaturated/α-hetero) is 1. The molecule has 300 valence electrons. The van der Waals surface area contributed by atoms with Crippen LogP contribution in [0.1, 0.15) is 74.5 Å². The minimum absolute atomic E-state index is 0.0499. The Labute approximate surface area is 329 Å². The molecule has 4 aliphatic heterocycles. The third-order valence-electron chi connectivity index (χ3n) is 10.9. The van der Waals surface area contributed by atoms with E-state index >= 15 is 0 Å². The van der Waals surface area contributed by atoms with Crippen molar-refractivity contribution in [3.63, 3.8) is 0 Å². The fourth-order valence-corrected chi connectivity index (χ4v) is 10.5. The van der Waals surface area contributed by atoms with Gasteiger partial charge in [-0.3, -0.25) is 14.4 Å². The highest BCUT2D eigenvalue weighted by Gasteiger charge is 2.50. The van der Waals surface area contributed by atoms with Gasteiger partial charge in [0.1, 0.15) is 23.4 Å². The van der Waals surface area contributed by atoms with Gasteiger partial charge in [-0.05, 0) is 19.9 Å². The van der Waals surface area contributed by atoms with Crippen molar-refractivity contribution < 1.29 is 58.9 Å². The lowest BCUT2D eigenvalue weighted by Gasteiger charge is -2.38. The van der Waals surface area contributed by atoms with E-state index in [2.05, 4.69) is 5.32 Å². The number of methoxy groups -OCH3 is 1. The second kappa shape index (κ2) is 16.7. The predicted octanol–water partition coefficient (Wildman–Crippen LogP) is 6.23. The molecule has 1 saturated heterocycles. The maximum atomic E-state index is 14.3. The molecule has 0 radical (unpaired) electrons. The quantitative estimate of drug-likeness (QED) is 0.116. The average molecular weight is 802 g/mol. The van der Waals surface area contributed by atoms with Gasteiger partial charge in [0.25, 0.3) is 11.7 Å². The standard InChI is InChI=1S/C40H51NO12S2/c1-17-11-10-12-18(2)38(49)41-29-28(39-54-15-16-55-39)33(46)25-26(34(29)47)32(45)22(6)36-27(25)37(48)40(8,53-36)51-14-13-24(50-9)19(3)35(52-23(7)42)21(5)31(44)20(4)30(17)43/h10-14,17,19-21,24,30-31,35,39,43-47H,15-16H2,1-9H3,(H,41,49)/b11-10+,14-13+,18-12-/t17-,19-,20+,21-,24+,30-,31-,35+,40+/m1/s1. The minimum atomic E-state index is -2.00. The number of phenols is 3. The summed E-state index contributed by atoms with van der Waals surface area (Å²) in [7, 11) is 1.44. The van der Waals surface area contributed by atoms with Gasteiger partial charge in [-0.15, -0.1) is 23.5 Å². The van der Waals surface area contributed by atoms with Gasteiger partial charge in [-0.25, -0.2) is 0 Å². The molecule has 0 unspecified atom stereocenters. The van der Waals surface area contributed by atoms with Crippen LogP contribution in [0.25, 0.3) is 10.8 Å². The zero-order valence-corrected chi connectivity index (χ0v) is 34.0. The number of fused-ring (bicyclic) bond motifs is 14. The molecule has 55 heavy (non-hydrogen) atoms. The van der Waals surface area contributed by atoms with Crippen LogP contribution in [0.5, 0.6) is 23.0 Å². The number of ether oxygens (including phenoxy) is 4. The largest absolute Gasteiger partial charge is 0.507 e. The number of allylic oxidation sites excluding steroid dienone is 2. The molecule has 5 bridgehead atoms. The molecule has 9 atom stereocenters. The van der Waals surface area contributed by atoms with E-state index in [1.807, 2.05) is 0 Å². The maximum Gasteiger partial charge on any atom is 0.312 e. The third-order valence-corrected chi connectivity index (χ3v) is 13.9. The SMILES string of the molecule is CO[C@H]1/C=C/O[C@@]2(C)Oc3c(C)c(O)c4c(O)c(c(C5SCCS5)c(O)c4c3C2=O)NC(=O)/C(C)=C\C=C\[C@@H](C)[C@@H](O)[C@H](C)[C@@H](O)[C@@H](C)[C@@H](OC(C)=O)[C@@H]1C. The summed E-state index contributed by atoms with van der Waals surface area (Å²) in [6.07, 6.45) is 3.74. The van der Waals surface area contributed by atoms with Crippen molar-refractivity contribution in [1.82, 2.24) is 0 Å². The summed E-state index contributed by atoms with van der Waals surface area (Å²) in [5, 5.41) is 60.6. The molecule has 6 rings (SSSR count). The number of hydrogen-bond acceptors (Lipinski definition) is 14. The molecule has 1 fully saturated rings. The molecule has 0 aliphatic carbocycles. The summed E-state index contributed by atoms with van der Waals surface area (Å²) >= 11 is 2.98. The van der Waals surface area contributed by atoms with Crippen LogP contribution in [0.3, 0.4) is 0 Å². The lowest BCUT2D eigenvalue weighted by atomic mass is 9.78. The summed E-state index contributed by atoms with van der Waals surface area (Å²) in [5.74, 6) is -6.31. The average Bonchev–Trinajstić information content (AvgIpc) is 3.77. The van der Waals surface area contributed by atoms with Crippen molar-refractivity contribution in [1.29, 1.82) is 0 Å². The van der Waals surface area contributed by atoms with Gasteiger partial charge < -0.3 is 49.8 Å². The molecule has 15 heteroatoms. The number of benzene rings is 2. The summed E-state index contributed by atoms with van der Waals surface area (Å²) in [6.45, 7) is 12.6. The lowest BCUT2D eigenvalue weighted by Crippen LogP contribution is -2.46. The van der Waals surface area contributed by atoms with Gasteiger partial charge in [-0.2, -0.15) is 0 Å². The highest BCUT2D eigenvalue weighted by molar-refractivity contribution is 8.19. The first-order valence-corrected chi connectivity index (χ1v) is 20.3. The normalized spacial score (nSPS) is 33.1. The number of aromatic hydroxyl groups is 3. The van der Waals surface area contributed by atoms with Crippen molar-refractivity contribution >= 4 is 57.6 Å². The molecule has 2 aromatic rings. The topological polar surface area (TPSA) is 201 Å². The van der Waals surface area contributed by atoms with Gasteiger partial charge in [0.15, 0.2) is 5.75 Å². The first-order chi connectivity index (χ1) is 25.9. The van der Waals surface area contributed by atoms with Crippen LogP contribution in [0.2, 0.25) is 0 Å². The molecular weight excluding hydrogens is 751 g/mol. The Bertz CT molecular complexity index is 1940. The van der Waals surface area contributed by atoms with Crippen molar-refractivity contribution in [2.24, 2.45) is 23.7 Å². The van der Waals surface area contributed by atoms with Gasteiger partial charge in [0, 0.05) is 78.2 Å². The Morgan fingerprint density at radius 3 is 2.20 bits per heavy atom. The lowest BCUT2D eigenvalue weighted by molar-refractivity contribution is -0.160. The maximum absolute atomic E-state index is 14.3. The second-order valence-electron chi connectivity index (χ2n) is 14.7. The number of aliphatic hydroxyl groups is 2. The first-order valence-electron chi connectivity index (χ1n) is 18.2. The van der Waals surface area contributed by atoms with Crippen LogP contribution in [-0.2, 0) is 23.8 Å². The zero-order valence-electron chi connectivity index (χ0n) is 32.4. The molecule has 6 N–H and O–H groups in total. The van der Waals surface area contributed by atoms with Crippen LogP contribution in [0.4, 0.5) is 5.69 Å². The molecule has 13 nitrogen and oxygen atoms in total. The van der Waals surface area contributed by atoms with E-state index < -0.39 is 93.4 Å². The van der Waals surface area contributed by atoms with Gasteiger partial charge in [0.2, 0.25) is 0 Å². The molecule has 2 aromatic carbocycles. The number of amides is 1. The number of phenolic OH excluding ortho intramolecular Hbond substituents is 3. The number of rotatable bonds is 3. The number of thioether (sulfide) groups is 2. The Morgan fingerprint density at radius 1 is 0.927 bits per heavy atom. The minimum Gasteiger partial charge on any atom is -0.507 e. The van der Waals surface area contributed by atoms with E-state index in [0.717, 1.165) is 11.5 Å². The molecule has 0 spiro atoms. The van der Waals surface area contributed by atoms with Gasteiger partial charge in [0.05, 0.1) is 45.8 Å². The highest BCUT2D eigenvalue weighted by atomic mass is 32.2. The number of carbonyl (C=O) groups excluding carboxylic acids is 3. The predicted molar refractivity (Wildman–Crippen MR) is 211 cm³/mol. The van der Waals surface area contributed by atoms with E-state index in [4.69, 9.17) is 18.9 Å². The van der Waals surface area contributed by atoms with Crippen molar-refractivity contribution in [3.05, 3.63) is 52.8 Å². The number of hydrogen-bond donors (Lipinski definition) is 6. The van der Waals surface area contributed by atoms with Crippen LogP contribution < -0.4 is 10.1 Å². The second-order valence-corrected chi connectivity index (χ2v) is 17.4. The summed E-state index contributed by atoms with van der Waals surface area (Å²) in [5.41, 5.74) is 0.263. The Morgan fingerprint density at radius 2 is 1.58 bits per heavy atom. The van der Waals surface area contributed by atoms with Crippen molar-refractivity contribution in [2.45, 2.75) is 90.2 Å². The van der Waals surface area contributed by atoms with Crippen molar-refractivity contribution in [2.75, 3.05) is 23.9 Å². The molecule has 0 saturated carbocycles. The third kappa shape index (κ3) is 7.91. The molecule has 1 amide bonds. The number of anilines is 1. The molecular formula is C40H51NO12S2. The van der Waals surface area contributed by atoms with Gasteiger partial charge >= 0.3 is 11.8 Å². The van der Waals surface area contributed by atoms with E-state index in [9.17, 15) is 39.9 Å². The molecule has 0 aromatic heterocycles. The van der Waals surface area contributed by atoms with Crippen LogP contribution >= 0.6 is 23.5 Å². The molecule has 4 heterocycles. The fourth-order valence-electron chi connectivity index (χ4n) is 7.50. The van der Waals surface area contributed by atoms with Gasteiger partial charge in [-0.1, -0.05) is 45.9 Å². The summed E-state index contributed by atoms with van der Waals surface area (Å²) in [4.78, 5) is 40.3. The Balaban J connectivity index is 1.70. The monoisotopic (exact) mass is 801 g/mol. The zero-order chi connectivity index (χ0) is 40.7. The summed E-state index contributed by atoms with van der Waals surface area (Å²) in [6, 6.07) is 0. The summed E-state index contributed by atoms with van der Waals surface area (Å²) < 4.78 is 23.1. The highest BCUT2D eigenvalue weighted by Crippen LogP contribution is 2.60. The smallest absolute Gasteiger partial charge is 0.312 e. The van der Waals surface area contributed by atoms with E-state index in [1.54, 1.807) is 46.8 Å².